The highest BCUT2D eigenvalue weighted by Crippen LogP contribution is 2.26. The second kappa shape index (κ2) is 10.6. The van der Waals surface area contributed by atoms with Gasteiger partial charge in [0.1, 0.15) is 5.75 Å². The van der Waals surface area contributed by atoms with Crippen LogP contribution >= 0.6 is 0 Å². The maximum absolute atomic E-state index is 13.6. The molecular weight excluding hydrogens is 410 g/mol. The molecule has 3 aromatic rings. The van der Waals surface area contributed by atoms with Gasteiger partial charge in [-0.1, -0.05) is 60.7 Å². The number of benzene rings is 3. The number of piperazine rings is 1. The Kier molecular flexibility index (Phi) is 7.19. The summed E-state index contributed by atoms with van der Waals surface area (Å²) in [6, 6.07) is 27.4. The minimum Gasteiger partial charge on any atom is -0.496 e. The molecule has 0 unspecified atom stereocenters. The second-order valence-corrected chi connectivity index (χ2v) is 8.04. The zero-order valence-corrected chi connectivity index (χ0v) is 18.8. The van der Waals surface area contributed by atoms with E-state index >= 15 is 0 Å². The molecule has 0 saturated carbocycles. The molecule has 0 aromatic heterocycles. The molecule has 33 heavy (non-hydrogen) atoms. The predicted molar refractivity (Wildman–Crippen MR) is 130 cm³/mol. The van der Waals surface area contributed by atoms with Gasteiger partial charge in [0, 0.05) is 43.9 Å². The molecule has 1 heterocycles. The monoisotopic (exact) mass is 437 g/mol. The van der Waals surface area contributed by atoms with Gasteiger partial charge in [0.15, 0.2) is 0 Å². The highest BCUT2D eigenvalue weighted by molar-refractivity contribution is 6.24. The number of methoxy groups -OCH3 is 1. The topological polar surface area (TPSA) is 56.6 Å². The first-order valence-corrected chi connectivity index (χ1v) is 11.1. The van der Waals surface area contributed by atoms with Crippen molar-refractivity contribution in [3.05, 3.63) is 101 Å². The van der Waals surface area contributed by atoms with Crippen molar-refractivity contribution in [2.45, 2.75) is 6.54 Å². The van der Waals surface area contributed by atoms with Crippen molar-refractivity contribution in [2.75, 3.05) is 33.3 Å². The minimum atomic E-state index is 0.0325. The van der Waals surface area contributed by atoms with Crippen LogP contribution in [0.5, 0.6) is 5.75 Å². The van der Waals surface area contributed by atoms with Crippen LogP contribution in [0, 0.1) is 11.3 Å². The van der Waals surface area contributed by atoms with Crippen molar-refractivity contribution in [3.63, 3.8) is 0 Å². The molecule has 166 valence electrons. The van der Waals surface area contributed by atoms with Crippen LogP contribution in [-0.2, 0) is 11.3 Å². The normalized spacial score (nSPS) is 14.5. The van der Waals surface area contributed by atoms with Gasteiger partial charge in [0.25, 0.3) is 5.91 Å². The Bertz CT molecular complexity index is 1160. The molecular formula is C28H27N3O2. The molecule has 0 atom stereocenters. The highest BCUT2D eigenvalue weighted by Gasteiger charge is 2.24. The Morgan fingerprint density at radius 3 is 2.27 bits per heavy atom. The van der Waals surface area contributed by atoms with Gasteiger partial charge in [0.05, 0.1) is 18.7 Å². The van der Waals surface area contributed by atoms with E-state index in [-0.39, 0.29) is 5.91 Å². The summed E-state index contributed by atoms with van der Waals surface area (Å²) in [6.45, 7) is 3.78. The van der Waals surface area contributed by atoms with Crippen LogP contribution in [0.3, 0.4) is 0 Å². The van der Waals surface area contributed by atoms with E-state index in [4.69, 9.17) is 10.00 Å². The Balaban J connectivity index is 1.49. The number of hydrogen-bond acceptors (Lipinski definition) is 4. The lowest BCUT2D eigenvalue weighted by molar-refractivity contribution is -0.126. The van der Waals surface area contributed by atoms with Crippen LogP contribution in [0.25, 0.3) is 11.6 Å². The lowest BCUT2D eigenvalue weighted by atomic mass is 10.0. The van der Waals surface area contributed by atoms with Gasteiger partial charge in [-0.15, -0.1) is 0 Å². The van der Waals surface area contributed by atoms with Crippen LogP contribution in [0.15, 0.2) is 78.9 Å². The molecule has 1 aliphatic heterocycles. The average molecular weight is 438 g/mol. The van der Waals surface area contributed by atoms with E-state index < -0.39 is 0 Å². The molecule has 0 bridgehead atoms. The fourth-order valence-electron chi connectivity index (χ4n) is 4.05. The van der Waals surface area contributed by atoms with Crippen LogP contribution in [0.2, 0.25) is 0 Å². The van der Waals surface area contributed by atoms with E-state index in [9.17, 15) is 4.79 Å². The summed E-state index contributed by atoms with van der Waals surface area (Å²) >= 11 is 0. The summed E-state index contributed by atoms with van der Waals surface area (Å²) in [6.07, 6.45) is 1.93. The van der Waals surface area contributed by atoms with Crippen LogP contribution in [0.1, 0.15) is 22.3 Å². The van der Waals surface area contributed by atoms with E-state index in [1.54, 1.807) is 7.11 Å². The van der Waals surface area contributed by atoms with Crippen LogP contribution < -0.4 is 4.74 Å². The average Bonchev–Trinajstić information content (AvgIpc) is 2.88. The van der Waals surface area contributed by atoms with Crippen LogP contribution in [0.4, 0.5) is 0 Å². The predicted octanol–water partition coefficient (Wildman–Crippen LogP) is 4.45. The Morgan fingerprint density at radius 2 is 1.61 bits per heavy atom. The molecule has 0 aliphatic carbocycles. The maximum Gasteiger partial charge on any atom is 0.254 e. The summed E-state index contributed by atoms with van der Waals surface area (Å²) in [4.78, 5) is 17.9. The molecule has 0 N–H and O–H groups in total. The van der Waals surface area contributed by atoms with E-state index in [0.717, 1.165) is 36.5 Å². The molecule has 5 heteroatoms. The number of hydrogen-bond donors (Lipinski definition) is 0. The molecule has 1 saturated heterocycles. The third kappa shape index (κ3) is 5.49. The van der Waals surface area contributed by atoms with Gasteiger partial charge in [-0.05, 0) is 35.4 Å². The molecule has 1 amide bonds. The molecule has 0 radical (unpaired) electrons. The fourth-order valence-corrected chi connectivity index (χ4v) is 4.05. The zero-order chi connectivity index (χ0) is 23.0. The Hall–Kier alpha value is -3.88. The van der Waals surface area contributed by atoms with Crippen molar-refractivity contribution in [3.8, 4) is 11.8 Å². The minimum absolute atomic E-state index is 0.0325. The lowest BCUT2D eigenvalue weighted by Gasteiger charge is -2.35. The van der Waals surface area contributed by atoms with E-state index in [1.165, 1.54) is 5.56 Å². The van der Waals surface area contributed by atoms with Crippen LogP contribution in [-0.4, -0.2) is 49.0 Å². The second-order valence-electron chi connectivity index (χ2n) is 8.04. The summed E-state index contributed by atoms with van der Waals surface area (Å²) in [7, 11) is 1.64. The Morgan fingerprint density at radius 1 is 0.939 bits per heavy atom. The lowest BCUT2D eigenvalue weighted by Crippen LogP contribution is -2.48. The molecule has 1 fully saturated rings. The van der Waals surface area contributed by atoms with Gasteiger partial charge in [0.2, 0.25) is 0 Å². The molecule has 4 rings (SSSR count). The number of nitriles is 1. The number of carbonyl (C=O) groups is 1. The quantitative estimate of drug-likeness (QED) is 0.422. The Labute approximate surface area is 195 Å². The third-order valence-corrected chi connectivity index (χ3v) is 5.90. The number of amides is 1. The number of carbonyl (C=O) groups excluding carboxylic acids is 1. The first-order valence-electron chi connectivity index (χ1n) is 11.1. The summed E-state index contributed by atoms with van der Waals surface area (Å²) in [5, 5.41) is 8.97. The standard InChI is InChI=1S/C28H27N3O2/c1-33-27-10-6-5-9-25(27)19-26(24-7-3-2-4-8-24)28(32)31-17-15-30(16-18-31)21-23-13-11-22(20-29)12-14-23/h2-14,19H,15-18,21H2,1H3/b26-19+. The van der Waals surface area contributed by atoms with E-state index in [2.05, 4.69) is 11.0 Å². The number of rotatable bonds is 6. The van der Waals surface area contributed by atoms with Gasteiger partial charge in [-0.25, -0.2) is 0 Å². The van der Waals surface area contributed by atoms with Gasteiger partial charge in [-0.3, -0.25) is 9.69 Å². The smallest absolute Gasteiger partial charge is 0.254 e. The third-order valence-electron chi connectivity index (χ3n) is 5.90. The van der Waals surface area contributed by atoms with Crippen molar-refractivity contribution in [2.24, 2.45) is 0 Å². The molecule has 0 spiro atoms. The molecule has 1 aliphatic rings. The fraction of sp³-hybridized carbons (Fsp3) is 0.214. The highest BCUT2D eigenvalue weighted by atomic mass is 16.5. The van der Waals surface area contributed by atoms with Gasteiger partial charge < -0.3 is 9.64 Å². The molecule has 3 aromatic carbocycles. The van der Waals surface area contributed by atoms with Gasteiger partial charge >= 0.3 is 0 Å². The van der Waals surface area contributed by atoms with Crippen molar-refractivity contribution in [1.29, 1.82) is 5.26 Å². The van der Waals surface area contributed by atoms with Crippen molar-refractivity contribution < 1.29 is 9.53 Å². The summed E-state index contributed by atoms with van der Waals surface area (Å²) < 4.78 is 5.50. The SMILES string of the molecule is COc1ccccc1/C=C(/C(=O)N1CCN(Cc2ccc(C#N)cc2)CC1)c1ccccc1. The first kappa shape index (κ1) is 22.3. The summed E-state index contributed by atoms with van der Waals surface area (Å²) in [5.41, 5.74) is 4.29. The number of para-hydroxylation sites is 1. The number of ether oxygens (including phenoxy) is 1. The molecule has 5 nitrogen and oxygen atoms in total. The van der Waals surface area contributed by atoms with E-state index in [0.29, 0.717) is 24.2 Å². The maximum atomic E-state index is 13.6. The first-order chi connectivity index (χ1) is 16.2. The van der Waals surface area contributed by atoms with Gasteiger partial charge in [-0.2, -0.15) is 5.26 Å². The zero-order valence-electron chi connectivity index (χ0n) is 18.8. The summed E-state index contributed by atoms with van der Waals surface area (Å²) in [5.74, 6) is 0.774. The largest absolute Gasteiger partial charge is 0.496 e. The van der Waals surface area contributed by atoms with Crippen molar-refractivity contribution in [1.82, 2.24) is 9.80 Å². The van der Waals surface area contributed by atoms with Crippen molar-refractivity contribution >= 4 is 17.6 Å². The van der Waals surface area contributed by atoms with E-state index in [1.807, 2.05) is 89.8 Å². The number of nitrogens with zero attached hydrogens (tertiary/aromatic N) is 3.